The van der Waals surface area contributed by atoms with Gasteiger partial charge >= 0.3 is 0 Å². The molecule has 1 fully saturated rings. The highest BCUT2D eigenvalue weighted by atomic mass is 16.1. The minimum absolute atomic E-state index is 0.107. The SMILES string of the molecule is Cc1cc(C(=O)NC2CCCCC2)nc(Nc2c(C)cccc2C(C)C)n1. The van der Waals surface area contributed by atoms with E-state index < -0.39 is 0 Å². The fourth-order valence-corrected chi connectivity index (χ4v) is 3.70. The molecule has 1 aromatic carbocycles. The highest BCUT2D eigenvalue weighted by molar-refractivity contribution is 5.93. The highest BCUT2D eigenvalue weighted by Crippen LogP contribution is 2.29. The molecule has 1 saturated carbocycles. The predicted molar refractivity (Wildman–Crippen MR) is 110 cm³/mol. The molecular formula is C22H30N4O. The van der Waals surface area contributed by atoms with E-state index in [1.807, 2.05) is 6.92 Å². The van der Waals surface area contributed by atoms with Gasteiger partial charge in [-0.2, -0.15) is 0 Å². The van der Waals surface area contributed by atoms with Gasteiger partial charge in [0.1, 0.15) is 5.69 Å². The summed E-state index contributed by atoms with van der Waals surface area (Å²) in [6.45, 7) is 8.30. The van der Waals surface area contributed by atoms with E-state index in [4.69, 9.17) is 0 Å². The zero-order valence-electron chi connectivity index (χ0n) is 16.8. The van der Waals surface area contributed by atoms with Crippen molar-refractivity contribution in [1.82, 2.24) is 15.3 Å². The largest absolute Gasteiger partial charge is 0.348 e. The Hall–Kier alpha value is -2.43. The maximum atomic E-state index is 12.7. The predicted octanol–water partition coefficient (Wildman–Crippen LogP) is 5.02. The average Bonchev–Trinajstić information content (AvgIpc) is 2.63. The number of carbonyl (C=O) groups is 1. The van der Waals surface area contributed by atoms with Gasteiger partial charge in [-0.1, -0.05) is 51.3 Å². The number of anilines is 2. The average molecular weight is 367 g/mol. The number of aryl methyl sites for hydroxylation is 2. The van der Waals surface area contributed by atoms with E-state index in [0.29, 0.717) is 17.6 Å². The molecule has 5 nitrogen and oxygen atoms in total. The molecule has 1 amide bonds. The molecule has 0 spiro atoms. The number of hydrogen-bond acceptors (Lipinski definition) is 4. The monoisotopic (exact) mass is 366 g/mol. The summed E-state index contributed by atoms with van der Waals surface area (Å²) in [5.41, 5.74) is 4.58. The molecule has 1 aromatic heterocycles. The van der Waals surface area contributed by atoms with E-state index >= 15 is 0 Å². The Morgan fingerprint density at radius 1 is 1.11 bits per heavy atom. The number of aromatic nitrogens is 2. The molecule has 3 rings (SSSR count). The summed E-state index contributed by atoms with van der Waals surface area (Å²) < 4.78 is 0. The summed E-state index contributed by atoms with van der Waals surface area (Å²) in [5, 5.41) is 6.50. The van der Waals surface area contributed by atoms with Crippen LogP contribution in [0.5, 0.6) is 0 Å². The minimum Gasteiger partial charge on any atom is -0.348 e. The maximum absolute atomic E-state index is 12.7. The van der Waals surface area contributed by atoms with Crippen molar-refractivity contribution >= 4 is 17.5 Å². The summed E-state index contributed by atoms with van der Waals surface area (Å²) in [6.07, 6.45) is 5.75. The summed E-state index contributed by atoms with van der Waals surface area (Å²) in [6, 6.07) is 8.27. The Bertz CT molecular complexity index is 810. The van der Waals surface area contributed by atoms with Crippen molar-refractivity contribution in [3.63, 3.8) is 0 Å². The van der Waals surface area contributed by atoms with Crippen LogP contribution >= 0.6 is 0 Å². The number of hydrogen-bond donors (Lipinski definition) is 2. The molecule has 0 radical (unpaired) electrons. The van der Waals surface area contributed by atoms with Crippen LogP contribution in [0.2, 0.25) is 0 Å². The van der Waals surface area contributed by atoms with Crippen LogP contribution < -0.4 is 10.6 Å². The summed E-state index contributed by atoms with van der Waals surface area (Å²) in [4.78, 5) is 21.7. The van der Waals surface area contributed by atoms with E-state index in [-0.39, 0.29) is 11.9 Å². The Morgan fingerprint density at radius 2 is 1.85 bits per heavy atom. The van der Waals surface area contributed by atoms with Crippen molar-refractivity contribution in [2.75, 3.05) is 5.32 Å². The van der Waals surface area contributed by atoms with Crippen LogP contribution in [0, 0.1) is 13.8 Å². The number of para-hydroxylation sites is 1. The Morgan fingerprint density at radius 3 is 2.56 bits per heavy atom. The number of nitrogens with zero attached hydrogens (tertiary/aromatic N) is 2. The second-order valence-electron chi connectivity index (χ2n) is 7.85. The van der Waals surface area contributed by atoms with Gasteiger partial charge in [-0.25, -0.2) is 9.97 Å². The molecule has 5 heteroatoms. The molecule has 2 N–H and O–H groups in total. The molecule has 1 aliphatic rings. The normalized spacial score (nSPS) is 15.0. The van der Waals surface area contributed by atoms with E-state index in [2.05, 4.69) is 59.6 Å². The Balaban J connectivity index is 1.83. The zero-order valence-corrected chi connectivity index (χ0v) is 16.8. The number of benzene rings is 1. The molecule has 1 heterocycles. The smallest absolute Gasteiger partial charge is 0.270 e. The first kappa shape index (κ1) is 19.3. The topological polar surface area (TPSA) is 66.9 Å². The lowest BCUT2D eigenvalue weighted by Gasteiger charge is -2.22. The molecule has 0 bridgehead atoms. The van der Waals surface area contributed by atoms with Crippen LogP contribution in [-0.2, 0) is 0 Å². The first-order valence-electron chi connectivity index (χ1n) is 9.97. The number of carbonyl (C=O) groups excluding carboxylic acids is 1. The Labute approximate surface area is 162 Å². The molecule has 1 aliphatic carbocycles. The van der Waals surface area contributed by atoms with Crippen LogP contribution in [0.15, 0.2) is 24.3 Å². The molecule has 0 unspecified atom stereocenters. The van der Waals surface area contributed by atoms with Gasteiger partial charge in [0, 0.05) is 17.4 Å². The van der Waals surface area contributed by atoms with E-state index in [9.17, 15) is 4.79 Å². The van der Waals surface area contributed by atoms with Gasteiger partial charge in [-0.15, -0.1) is 0 Å². The second-order valence-corrected chi connectivity index (χ2v) is 7.85. The van der Waals surface area contributed by atoms with Gasteiger partial charge < -0.3 is 10.6 Å². The van der Waals surface area contributed by atoms with Crippen molar-refractivity contribution in [1.29, 1.82) is 0 Å². The Kier molecular flexibility index (Phi) is 6.09. The lowest BCUT2D eigenvalue weighted by molar-refractivity contribution is 0.0922. The molecular weight excluding hydrogens is 336 g/mol. The first-order valence-corrected chi connectivity index (χ1v) is 9.97. The van der Waals surface area contributed by atoms with Crippen LogP contribution in [0.1, 0.15) is 79.2 Å². The lowest BCUT2D eigenvalue weighted by atomic mass is 9.95. The summed E-state index contributed by atoms with van der Waals surface area (Å²) in [5.74, 6) is 0.746. The highest BCUT2D eigenvalue weighted by Gasteiger charge is 2.19. The van der Waals surface area contributed by atoms with Crippen LogP contribution in [-0.4, -0.2) is 21.9 Å². The second kappa shape index (κ2) is 8.51. The van der Waals surface area contributed by atoms with Gasteiger partial charge in [-0.3, -0.25) is 4.79 Å². The van der Waals surface area contributed by atoms with Gasteiger partial charge in [0.05, 0.1) is 0 Å². The van der Waals surface area contributed by atoms with Crippen LogP contribution in [0.4, 0.5) is 11.6 Å². The minimum atomic E-state index is -0.107. The fraction of sp³-hybridized carbons (Fsp3) is 0.500. The standard InChI is InChI=1S/C22H30N4O/c1-14(2)18-12-8-9-15(3)20(18)26-22-23-16(4)13-19(25-22)21(27)24-17-10-6-5-7-11-17/h8-9,12-14,17H,5-7,10-11H2,1-4H3,(H,24,27)(H,23,25,26). The number of amides is 1. The van der Waals surface area contributed by atoms with Gasteiger partial charge in [-0.05, 0) is 49.8 Å². The number of nitrogens with one attached hydrogen (secondary N) is 2. The van der Waals surface area contributed by atoms with Crippen molar-refractivity contribution < 1.29 is 4.79 Å². The van der Waals surface area contributed by atoms with Gasteiger partial charge in [0.25, 0.3) is 5.91 Å². The third-order valence-corrected chi connectivity index (χ3v) is 5.19. The van der Waals surface area contributed by atoms with Crippen molar-refractivity contribution in [3.8, 4) is 0 Å². The third kappa shape index (κ3) is 4.85. The van der Waals surface area contributed by atoms with Crippen molar-refractivity contribution in [2.24, 2.45) is 0 Å². The fourth-order valence-electron chi connectivity index (χ4n) is 3.70. The van der Waals surface area contributed by atoms with Gasteiger partial charge in [0.2, 0.25) is 5.95 Å². The molecule has 0 atom stereocenters. The zero-order chi connectivity index (χ0) is 19.4. The molecule has 0 saturated heterocycles. The molecule has 144 valence electrons. The van der Waals surface area contributed by atoms with Gasteiger partial charge in [0.15, 0.2) is 0 Å². The lowest BCUT2D eigenvalue weighted by Crippen LogP contribution is -2.36. The summed E-state index contributed by atoms with van der Waals surface area (Å²) in [7, 11) is 0. The van der Waals surface area contributed by atoms with E-state index in [0.717, 1.165) is 29.8 Å². The van der Waals surface area contributed by atoms with E-state index in [1.165, 1.54) is 24.8 Å². The maximum Gasteiger partial charge on any atom is 0.270 e. The van der Waals surface area contributed by atoms with Crippen LogP contribution in [0.3, 0.4) is 0 Å². The third-order valence-electron chi connectivity index (χ3n) is 5.19. The van der Waals surface area contributed by atoms with Crippen molar-refractivity contribution in [2.45, 2.75) is 71.8 Å². The summed E-state index contributed by atoms with van der Waals surface area (Å²) >= 11 is 0. The van der Waals surface area contributed by atoms with Crippen LogP contribution in [0.25, 0.3) is 0 Å². The van der Waals surface area contributed by atoms with Crippen molar-refractivity contribution in [3.05, 3.63) is 46.8 Å². The first-order chi connectivity index (χ1) is 12.9. The molecule has 2 aromatic rings. The number of rotatable bonds is 5. The molecule has 27 heavy (non-hydrogen) atoms. The quantitative estimate of drug-likeness (QED) is 0.779. The van der Waals surface area contributed by atoms with E-state index in [1.54, 1.807) is 6.07 Å². The molecule has 0 aliphatic heterocycles.